The van der Waals surface area contributed by atoms with Crippen LogP contribution in [0.2, 0.25) is 0 Å². The maximum atomic E-state index is 12.7. The Morgan fingerprint density at radius 2 is 1.94 bits per heavy atom. The molecule has 0 aliphatic rings. The lowest BCUT2D eigenvalue weighted by Crippen LogP contribution is -1.93. The third kappa shape index (κ3) is 2.83. The van der Waals surface area contributed by atoms with Gasteiger partial charge in [-0.1, -0.05) is 12.1 Å². The molecule has 0 aliphatic heterocycles. The summed E-state index contributed by atoms with van der Waals surface area (Å²) in [6.07, 6.45) is 3.39. The molecule has 0 radical (unpaired) electrons. The van der Waals surface area contributed by atoms with Crippen molar-refractivity contribution in [2.45, 2.75) is 18.7 Å². The normalized spacial score (nSPS) is 10.6. The monoisotopic (exact) mass is 238 g/mol. The van der Waals surface area contributed by atoms with Gasteiger partial charge in [0.05, 0.1) is 5.88 Å². The molecule has 1 aromatic carbocycles. The number of imidazole rings is 1. The van der Waals surface area contributed by atoms with Gasteiger partial charge in [0.2, 0.25) is 0 Å². The number of aromatic amines is 1. The molecule has 0 saturated carbocycles. The third-order valence-corrected chi connectivity index (χ3v) is 2.68. The van der Waals surface area contributed by atoms with Gasteiger partial charge in [-0.25, -0.2) is 9.37 Å². The molecule has 1 heterocycles. The lowest BCUT2D eigenvalue weighted by atomic mass is 10.1. The van der Waals surface area contributed by atoms with Crippen molar-refractivity contribution >= 4 is 11.6 Å². The van der Waals surface area contributed by atoms with Crippen LogP contribution < -0.4 is 0 Å². The highest BCUT2D eigenvalue weighted by Crippen LogP contribution is 2.07. The Labute approximate surface area is 98.5 Å². The summed E-state index contributed by atoms with van der Waals surface area (Å²) < 4.78 is 12.7. The van der Waals surface area contributed by atoms with E-state index in [2.05, 4.69) is 9.97 Å². The number of benzene rings is 1. The second-order valence-electron chi connectivity index (χ2n) is 3.62. The van der Waals surface area contributed by atoms with Crippen LogP contribution >= 0.6 is 11.6 Å². The number of aryl methyl sites for hydroxylation is 2. The molecule has 2 aromatic rings. The fourth-order valence-electron chi connectivity index (χ4n) is 1.51. The van der Waals surface area contributed by atoms with Crippen molar-refractivity contribution in [1.82, 2.24) is 9.97 Å². The van der Waals surface area contributed by atoms with E-state index in [1.54, 1.807) is 18.3 Å². The van der Waals surface area contributed by atoms with Crippen molar-refractivity contribution in [2.75, 3.05) is 0 Å². The Hall–Kier alpha value is -1.35. The van der Waals surface area contributed by atoms with E-state index in [1.165, 1.54) is 12.1 Å². The maximum Gasteiger partial charge on any atom is 0.123 e. The summed E-state index contributed by atoms with van der Waals surface area (Å²) in [5.74, 6) is 1.16. The molecule has 2 nitrogen and oxygen atoms in total. The number of rotatable bonds is 4. The molecule has 0 unspecified atom stereocenters. The zero-order valence-electron chi connectivity index (χ0n) is 8.71. The van der Waals surface area contributed by atoms with Crippen LogP contribution in [0, 0.1) is 5.82 Å². The van der Waals surface area contributed by atoms with Crippen LogP contribution in [0.1, 0.15) is 17.1 Å². The van der Waals surface area contributed by atoms with E-state index >= 15 is 0 Å². The lowest BCUT2D eigenvalue weighted by Gasteiger charge is -1.99. The van der Waals surface area contributed by atoms with Crippen LogP contribution in [0.25, 0.3) is 0 Å². The average molecular weight is 239 g/mol. The van der Waals surface area contributed by atoms with Crippen molar-refractivity contribution < 1.29 is 4.39 Å². The van der Waals surface area contributed by atoms with Gasteiger partial charge in [0, 0.05) is 18.3 Å². The van der Waals surface area contributed by atoms with Gasteiger partial charge in [-0.15, -0.1) is 11.6 Å². The minimum Gasteiger partial charge on any atom is -0.345 e. The Morgan fingerprint density at radius 3 is 2.56 bits per heavy atom. The molecule has 84 valence electrons. The topological polar surface area (TPSA) is 28.7 Å². The van der Waals surface area contributed by atoms with Gasteiger partial charge in [-0.05, 0) is 24.1 Å². The van der Waals surface area contributed by atoms with E-state index in [1.807, 2.05) is 0 Å². The summed E-state index contributed by atoms with van der Waals surface area (Å²) in [5, 5.41) is 0. The highest BCUT2D eigenvalue weighted by Gasteiger charge is 2.00. The first kappa shape index (κ1) is 11.1. The molecule has 4 heteroatoms. The lowest BCUT2D eigenvalue weighted by molar-refractivity contribution is 0.627. The average Bonchev–Trinajstić information content (AvgIpc) is 2.76. The first-order chi connectivity index (χ1) is 7.78. The second kappa shape index (κ2) is 5.12. The van der Waals surface area contributed by atoms with Gasteiger partial charge in [-0.3, -0.25) is 0 Å². The SMILES string of the molecule is Fc1ccc(CCc2ncc(CCl)[nH]2)cc1. The van der Waals surface area contributed by atoms with Crippen LogP contribution in [0.4, 0.5) is 4.39 Å². The van der Waals surface area contributed by atoms with E-state index in [9.17, 15) is 4.39 Å². The Kier molecular flexibility index (Phi) is 3.57. The van der Waals surface area contributed by atoms with Gasteiger partial charge in [0.25, 0.3) is 0 Å². The standard InChI is InChI=1S/C12H12ClFN2/c13-7-11-8-15-12(16-11)6-3-9-1-4-10(14)5-2-9/h1-2,4-5,8H,3,6-7H2,(H,15,16). The predicted octanol–water partition coefficient (Wildman–Crippen LogP) is 3.07. The molecule has 0 atom stereocenters. The number of nitrogens with one attached hydrogen (secondary N) is 1. The number of alkyl halides is 1. The van der Waals surface area contributed by atoms with Gasteiger partial charge >= 0.3 is 0 Å². The van der Waals surface area contributed by atoms with E-state index < -0.39 is 0 Å². The third-order valence-electron chi connectivity index (χ3n) is 2.39. The highest BCUT2D eigenvalue weighted by atomic mass is 35.5. The van der Waals surface area contributed by atoms with E-state index in [-0.39, 0.29) is 5.82 Å². The number of hydrogen-bond acceptors (Lipinski definition) is 1. The highest BCUT2D eigenvalue weighted by molar-refractivity contribution is 6.16. The zero-order valence-corrected chi connectivity index (χ0v) is 9.47. The largest absolute Gasteiger partial charge is 0.345 e. The first-order valence-electron chi connectivity index (χ1n) is 5.11. The number of nitrogens with zero attached hydrogens (tertiary/aromatic N) is 1. The minimum absolute atomic E-state index is 0.203. The minimum atomic E-state index is -0.203. The predicted molar refractivity (Wildman–Crippen MR) is 62.0 cm³/mol. The molecule has 0 fully saturated rings. The van der Waals surface area contributed by atoms with Crippen LogP contribution in [0.3, 0.4) is 0 Å². The molecule has 2 rings (SSSR count). The maximum absolute atomic E-state index is 12.7. The number of H-pyrrole nitrogens is 1. The molecule has 0 aliphatic carbocycles. The smallest absolute Gasteiger partial charge is 0.123 e. The van der Waals surface area contributed by atoms with E-state index in [0.717, 1.165) is 29.9 Å². The molecule has 0 saturated heterocycles. The summed E-state index contributed by atoms with van der Waals surface area (Å²) >= 11 is 5.66. The Bertz CT molecular complexity index is 450. The first-order valence-corrected chi connectivity index (χ1v) is 5.64. The Morgan fingerprint density at radius 1 is 1.19 bits per heavy atom. The summed E-state index contributed by atoms with van der Waals surface area (Å²) in [7, 11) is 0. The Balaban J connectivity index is 1.94. The van der Waals surface area contributed by atoms with Crippen molar-refractivity contribution in [3.05, 3.63) is 53.4 Å². The van der Waals surface area contributed by atoms with Crippen LogP contribution in [-0.4, -0.2) is 9.97 Å². The molecule has 0 amide bonds. The summed E-state index contributed by atoms with van der Waals surface area (Å²) in [4.78, 5) is 7.33. The molecular formula is C12H12ClFN2. The quantitative estimate of drug-likeness (QED) is 0.815. The van der Waals surface area contributed by atoms with E-state index in [0.29, 0.717) is 5.88 Å². The second-order valence-corrected chi connectivity index (χ2v) is 3.88. The fourth-order valence-corrected chi connectivity index (χ4v) is 1.65. The van der Waals surface area contributed by atoms with Gasteiger partial charge in [-0.2, -0.15) is 0 Å². The fraction of sp³-hybridized carbons (Fsp3) is 0.250. The van der Waals surface area contributed by atoms with Gasteiger partial charge in [0.1, 0.15) is 11.6 Å². The van der Waals surface area contributed by atoms with Crippen LogP contribution in [-0.2, 0) is 18.7 Å². The van der Waals surface area contributed by atoms with Crippen LogP contribution in [0.15, 0.2) is 30.5 Å². The molecule has 16 heavy (non-hydrogen) atoms. The summed E-state index contributed by atoms with van der Waals surface area (Å²) in [5.41, 5.74) is 2.03. The summed E-state index contributed by atoms with van der Waals surface area (Å²) in [6, 6.07) is 6.53. The molecule has 1 N–H and O–H groups in total. The van der Waals surface area contributed by atoms with Crippen molar-refractivity contribution in [3.63, 3.8) is 0 Å². The molecule has 0 spiro atoms. The molecular weight excluding hydrogens is 227 g/mol. The number of hydrogen-bond donors (Lipinski definition) is 1. The number of aromatic nitrogens is 2. The zero-order chi connectivity index (χ0) is 11.4. The van der Waals surface area contributed by atoms with Crippen molar-refractivity contribution in [1.29, 1.82) is 0 Å². The molecule has 0 bridgehead atoms. The molecule has 1 aromatic heterocycles. The van der Waals surface area contributed by atoms with Gasteiger partial charge in [0.15, 0.2) is 0 Å². The van der Waals surface area contributed by atoms with Crippen LogP contribution in [0.5, 0.6) is 0 Å². The van der Waals surface area contributed by atoms with Gasteiger partial charge < -0.3 is 4.98 Å². The van der Waals surface area contributed by atoms with Crippen molar-refractivity contribution in [2.24, 2.45) is 0 Å². The van der Waals surface area contributed by atoms with Crippen molar-refractivity contribution in [3.8, 4) is 0 Å². The summed E-state index contributed by atoms with van der Waals surface area (Å²) in [6.45, 7) is 0. The number of halogens is 2. The van der Waals surface area contributed by atoms with E-state index in [4.69, 9.17) is 11.6 Å².